The Morgan fingerprint density at radius 1 is 1.77 bits per heavy atom. The van der Waals surface area contributed by atoms with Crippen LogP contribution in [-0.2, 0) is 6.54 Å². The van der Waals surface area contributed by atoms with Crippen LogP contribution in [0.5, 0.6) is 0 Å². The molecule has 0 aliphatic carbocycles. The molecule has 1 aromatic heterocycles. The van der Waals surface area contributed by atoms with Gasteiger partial charge in [0.05, 0.1) is 0 Å². The molecule has 1 unspecified atom stereocenters. The average Bonchev–Trinajstić information content (AvgIpc) is 2.50. The normalized spacial score (nSPS) is 21.5. The summed E-state index contributed by atoms with van der Waals surface area (Å²) in [5, 5.41) is 3.23. The van der Waals surface area contributed by atoms with Gasteiger partial charge in [-0.1, -0.05) is 0 Å². The minimum atomic E-state index is 0.637. The first kappa shape index (κ1) is 9.21. The van der Waals surface area contributed by atoms with Crippen molar-refractivity contribution < 1.29 is 0 Å². The van der Waals surface area contributed by atoms with E-state index in [-0.39, 0.29) is 0 Å². The Morgan fingerprint density at radius 2 is 2.62 bits per heavy atom. The lowest BCUT2D eigenvalue weighted by atomic mass is 9.96. The maximum absolute atomic E-state index is 4.28. The Bertz CT molecular complexity index is 295. The third-order valence-electron chi connectivity index (χ3n) is 2.64. The summed E-state index contributed by atoms with van der Waals surface area (Å²) in [4.78, 5) is 4.28. The minimum Gasteiger partial charge on any atom is -0.322 e. The van der Waals surface area contributed by atoms with Crippen LogP contribution >= 0.6 is 15.9 Å². The minimum absolute atomic E-state index is 0.637. The van der Waals surface area contributed by atoms with Crippen LogP contribution in [-0.4, -0.2) is 23.1 Å². The van der Waals surface area contributed by atoms with Gasteiger partial charge in [0.2, 0.25) is 0 Å². The van der Waals surface area contributed by atoms with Crippen LogP contribution in [0.25, 0.3) is 0 Å². The standard InChI is InChI=1S/C9H14BrN3/c1-11-5-7-3-2-4-13-8(7)6-12-9(13)10/h6-7,11H,2-5H2,1H3. The lowest BCUT2D eigenvalue weighted by Gasteiger charge is -2.24. The van der Waals surface area contributed by atoms with Gasteiger partial charge in [0.25, 0.3) is 0 Å². The summed E-state index contributed by atoms with van der Waals surface area (Å²) >= 11 is 3.46. The average molecular weight is 244 g/mol. The molecule has 72 valence electrons. The second-order valence-electron chi connectivity index (χ2n) is 3.50. The van der Waals surface area contributed by atoms with Gasteiger partial charge < -0.3 is 9.88 Å². The quantitative estimate of drug-likeness (QED) is 0.858. The van der Waals surface area contributed by atoms with Crippen LogP contribution in [0.3, 0.4) is 0 Å². The number of rotatable bonds is 2. The predicted octanol–water partition coefficient (Wildman–Crippen LogP) is 1.74. The first-order chi connectivity index (χ1) is 6.33. The summed E-state index contributed by atoms with van der Waals surface area (Å²) in [5.41, 5.74) is 1.37. The largest absolute Gasteiger partial charge is 0.322 e. The highest BCUT2D eigenvalue weighted by Crippen LogP contribution is 2.29. The molecule has 0 spiro atoms. The lowest BCUT2D eigenvalue weighted by Crippen LogP contribution is -2.23. The Kier molecular flexibility index (Phi) is 2.69. The molecule has 3 nitrogen and oxygen atoms in total. The van der Waals surface area contributed by atoms with Crippen molar-refractivity contribution in [2.24, 2.45) is 0 Å². The molecule has 2 rings (SSSR count). The van der Waals surface area contributed by atoms with Crippen molar-refractivity contribution in [2.45, 2.75) is 25.3 Å². The Morgan fingerprint density at radius 3 is 3.38 bits per heavy atom. The fourth-order valence-electron chi connectivity index (χ4n) is 2.01. The van der Waals surface area contributed by atoms with Gasteiger partial charge in [-0.15, -0.1) is 0 Å². The third-order valence-corrected chi connectivity index (χ3v) is 3.27. The molecule has 1 aliphatic rings. The Hall–Kier alpha value is -0.350. The van der Waals surface area contributed by atoms with E-state index in [4.69, 9.17) is 0 Å². The van der Waals surface area contributed by atoms with Gasteiger partial charge in [0.1, 0.15) is 0 Å². The Balaban J connectivity index is 2.27. The fourth-order valence-corrected chi connectivity index (χ4v) is 2.49. The van der Waals surface area contributed by atoms with Gasteiger partial charge >= 0.3 is 0 Å². The molecule has 1 atom stereocenters. The van der Waals surface area contributed by atoms with Crippen molar-refractivity contribution >= 4 is 15.9 Å². The fraction of sp³-hybridized carbons (Fsp3) is 0.667. The molecule has 1 N–H and O–H groups in total. The van der Waals surface area contributed by atoms with E-state index in [1.165, 1.54) is 18.5 Å². The van der Waals surface area contributed by atoms with Gasteiger partial charge in [-0.05, 0) is 35.8 Å². The van der Waals surface area contributed by atoms with E-state index >= 15 is 0 Å². The second-order valence-corrected chi connectivity index (χ2v) is 4.21. The van der Waals surface area contributed by atoms with Crippen LogP contribution in [0.1, 0.15) is 24.5 Å². The highest BCUT2D eigenvalue weighted by atomic mass is 79.9. The molecular formula is C9H14BrN3. The van der Waals surface area contributed by atoms with Gasteiger partial charge in [-0.2, -0.15) is 0 Å². The summed E-state index contributed by atoms with van der Waals surface area (Å²) in [5.74, 6) is 0.637. The number of imidazole rings is 1. The smallest absolute Gasteiger partial charge is 0.177 e. The van der Waals surface area contributed by atoms with E-state index in [2.05, 4.69) is 30.8 Å². The zero-order chi connectivity index (χ0) is 9.26. The summed E-state index contributed by atoms with van der Waals surface area (Å²) in [7, 11) is 2.00. The molecule has 0 aromatic carbocycles. The second kappa shape index (κ2) is 3.80. The van der Waals surface area contributed by atoms with E-state index in [0.29, 0.717) is 5.92 Å². The van der Waals surface area contributed by atoms with Crippen LogP contribution in [0.4, 0.5) is 0 Å². The number of aromatic nitrogens is 2. The predicted molar refractivity (Wildman–Crippen MR) is 55.8 cm³/mol. The van der Waals surface area contributed by atoms with Crippen molar-refractivity contribution in [3.63, 3.8) is 0 Å². The van der Waals surface area contributed by atoms with Crippen molar-refractivity contribution in [1.82, 2.24) is 14.9 Å². The number of nitrogens with one attached hydrogen (secondary N) is 1. The zero-order valence-electron chi connectivity index (χ0n) is 7.76. The summed E-state index contributed by atoms with van der Waals surface area (Å²) < 4.78 is 3.24. The van der Waals surface area contributed by atoms with Crippen molar-refractivity contribution in [1.29, 1.82) is 0 Å². The topological polar surface area (TPSA) is 29.9 Å². The summed E-state index contributed by atoms with van der Waals surface area (Å²) in [6.45, 7) is 2.16. The van der Waals surface area contributed by atoms with E-state index < -0.39 is 0 Å². The summed E-state index contributed by atoms with van der Waals surface area (Å²) in [6, 6.07) is 0. The SMILES string of the molecule is CNCC1CCCn2c1cnc2Br. The number of fused-ring (bicyclic) bond motifs is 1. The number of likely N-dealkylation sites (N-methyl/N-ethyl adjacent to an activating group) is 1. The van der Waals surface area contributed by atoms with Gasteiger partial charge in [-0.3, -0.25) is 0 Å². The molecule has 0 bridgehead atoms. The molecule has 0 fully saturated rings. The first-order valence-electron chi connectivity index (χ1n) is 4.68. The van der Waals surface area contributed by atoms with E-state index in [1.54, 1.807) is 0 Å². The number of hydrogen-bond donors (Lipinski definition) is 1. The van der Waals surface area contributed by atoms with Crippen LogP contribution < -0.4 is 5.32 Å². The zero-order valence-corrected chi connectivity index (χ0v) is 9.34. The lowest BCUT2D eigenvalue weighted by molar-refractivity contribution is 0.438. The maximum atomic E-state index is 4.28. The molecule has 13 heavy (non-hydrogen) atoms. The van der Waals surface area contributed by atoms with Crippen LogP contribution in [0.15, 0.2) is 10.9 Å². The number of halogens is 1. The van der Waals surface area contributed by atoms with E-state index in [0.717, 1.165) is 17.8 Å². The molecular weight excluding hydrogens is 230 g/mol. The molecule has 1 aliphatic heterocycles. The third kappa shape index (κ3) is 1.65. The molecule has 0 saturated heterocycles. The molecule has 1 aromatic rings. The molecule has 0 amide bonds. The van der Waals surface area contributed by atoms with E-state index in [1.807, 2.05) is 13.2 Å². The van der Waals surface area contributed by atoms with Gasteiger partial charge in [0.15, 0.2) is 4.73 Å². The molecule has 0 radical (unpaired) electrons. The highest BCUT2D eigenvalue weighted by molar-refractivity contribution is 9.10. The first-order valence-corrected chi connectivity index (χ1v) is 5.47. The number of nitrogens with zero attached hydrogens (tertiary/aromatic N) is 2. The van der Waals surface area contributed by atoms with Crippen LogP contribution in [0.2, 0.25) is 0 Å². The molecule has 0 saturated carbocycles. The van der Waals surface area contributed by atoms with E-state index in [9.17, 15) is 0 Å². The van der Waals surface area contributed by atoms with Crippen molar-refractivity contribution in [2.75, 3.05) is 13.6 Å². The highest BCUT2D eigenvalue weighted by Gasteiger charge is 2.21. The van der Waals surface area contributed by atoms with Crippen molar-refractivity contribution in [3.05, 3.63) is 16.6 Å². The monoisotopic (exact) mass is 243 g/mol. The maximum Gasteiger partial charge on any atom is 0.177 e. The van der Waals surface area contributed by atoms with Gasteiger partial charge in [0, 0.05) is 30.9 Å². The van der Waals surface area contributed by atoms with Crippen LogP contribution in [0, 0.1) is 0 Å². The van der Waals surface area contributed by atoms with Crippen molar-refractivity contribution in [3.8, 4) is 0 Å². The Labute approximate surface area is 86.7 Å². The molecule has 4 heteroatoms. The molecule has 2 heterocycles. The summed E-state index contributed by atoms with van der Waals surface area (Å²) in [6.07, 6.45) is 4.53. The number of hydrogen-bond acceptors (Lipinski definition) is 2. The van der Waals surface area contributed by atoms with Gasteiger partial charge in [-0.25, -0.2) is 4.98 Å².